The molecule has 37 heavy (non-hydrogen) atoms. The van der Waals surface area contributed by atoms with Gasteiger partial charge in [0.05, 0.1) is 32.3 Å². The molecule has 5 aromatic rings. The number of nitro benzene ring substituents is 1. The smallest absolute Gasteiger partial charge is 0.273 e. The molecule has 0 N–H and O–H groups in total. The standard InChI is InChI=1S/C26H15BrN4O5S/c27-18-8-11-21-23(13-18)37-26(29-21)30(24(32)12-7-16-5-9-19(10-6-16)31(34)35)28-14-17-15-36-22-4-2-1-3-20(22)25(17)33/h1-15H/b12-7+,28-14+. The second kappa shape index (κ2) is 10.2. The molecule has 9 nitrogen and oxygen atoms in total. The second-order valence-electron chi connectivity index (χ2n) is 7.70. The minimum absolute atomic E-state index is 0.0513. The van der Waals surface area contributed by atoms with E-state index in [9.17, 15) is 19.7 Å². The molecule has 2 heterocycles. The van der Waals surface area contributed by atoms with Crippen LogP contribution in [0.3, 0.4) is 0 Å². The van der Waals surface area contributed by atoms with Crippen LogP contribution in [-0.4, -0.2) is 22.0 Å². The van der Waals surface area contributed by atoms with Crippen molar-refractivity contribution in [3.63, 3.8) is 0 Å². The van der Waals surface area contributed by atoms with E-state index in [0.717, 1.165) is 14.2 Å². The molecule has 0 aliphatic heterocycles. The summed E-state index contributed by atoms with van der Waals surface area (Å²) >= 11 is 4.69. The van der Waals surface area contributed by atoms with Crippen molar-refractivity contribution in [2.24, 2.45) is 5.10 Å². The number of para-hydroxylation sites is 1. The van der Waals surface area contributed by atoms with Crippen LogP contribution >= 0.6 is 27.3 Å². The number of hydrogen-bond donors (Lipinski definition) is 0. The average Bonchev–Trinajstić information content (AvgIpc) is 3.32. The number of non-ortho nitro benzene ring substituents is 1. The van der Waals surface area contributed by atoms with E-state index < -0.39 is 10.8 Å². The third-order valence-corrected chi connectivity index (χ3v) is 6.76. The lowest BCUT2D eigenvalue weighted by Crippen LogP contribution is -2.24. The van der Waals surface area contributed by atoms with E-state index in [0.29, 0.717) is 27.2 Å². The molecule has 0 atom stereocenters. The summed E-state index contributed by atoms with van der Waals surface area (Å²) in [5, 5.41) is 17.0. The molecule has 5 rings (SSSR count). The monoisotopic (exact) mass is 574 g/mol. The summed E-state index contributed by atoms with van der Waals surface area (Å²) in [4.78, 5) is 41.0. The zero-order chi connectivity index (χ0) is 25.9. The van der Waals surface area contributed by atoms with E-state index in [4.69, 9.17) is 4.42 Å². The lowest BCUT2D eigenvalue weighted by atomic mass is 10.2. The first kappa shape index (κ1) is 24.2. The van der Waals surface area contributed by atoms with Gasteiger partial charge in [-0.15, -0.1) is 0 Å². The Hall–Kier alpha value is -4.48. The zero-order valence-electron chi connectivity index (χ0n) is 18.8. The van der Waals surface area contributed by atoms with E-state index in [1.54, 1.807) is 24.3 Å². The summed E-state index contributed by atoms with van der Waals surface area (Å²) in [6.45, 7) is 0. The van der Waals surface area contributed by atoms with E-state index in [-0.39, 0.29) is 16.7 Å². The fraction of sp³-hybridized carbons (Fsp3) is 0. The number of halogens is 1. The molecule has 0 unspecified atom stereocenters. The number of carbonyl (C=O) groups is 1. The fourth-order valence-electron chi connectivity index (χ4n) is 3.42. The molecular formula is C26H15BrN4O5S. The average molecular weight is 575 g/mol. The molecule has 2 aromatic heterocycles. The molecule has 0 bridgehead atoms. The minimum atomic E-state index is -0.530. The Kier molecular flexibility index (Phi) is 6.71. The van der Waals surface area contributed by atoms with E-state index in [1.165, 1.54) is 60.2 Å². The predicted molar refractivity (Wildman–Crippen MR) is 147 cm³/mol. The number of carbonyl (C=O) groups excluding carboxylic acids is 1. The molecule has 0 spiro atoms. The Balaban J connectivity index is 1.51. The van der Waals surface area contributed by atoms with E-state index >= 15 is 0 Å². The number of thiazole rings is 1. The maximum Gasteiger partial charge on any atom is 0.273 e. The molecule has 0 aliphatic rings. The number of rotatable bonds is 6. The van der Waals surface area contributed by atoms with Crippen LogP contribution < -0.4 is 10.4 Å². The van der Waals surface area contributed by atoms with Gasteiger partial charge in [-0.1, -0.05) is 39.4 Å². The molecule has 0 fully saturated rings. The molecule has 0 saturated carbocycles. The third kappa shape index (κ3) is 5.22. The Morgan fingerprint density at radius 2 is 1.92 bits per heavy atom. The Morgan fingerprint density at radius 1 is 1.14 bits per heavy atom. The number of amides is 1. The van der Waals surface area contributed by atoms with Gasteiger partial charge in [0.15, 0.2) is 0 Å². The molecule has 3 aromatic carbocycles. The van der Waals surface area contributed by atoms with Crippen molar-refractivity contribution in [1.29, 1.82) is 0 Å². The van der Waals surface area contributed by atoms with Gasteiger partial charge < -0.3 is 4.42 Å². The van der Waals surface area contributed by atoms with Crippen molar-refractivity contribution in [2.45, 2.75) is 0 Å². The summed E-state index contributed by atoms with van der Waals surface area (Å²) in [6, 6.07) is 18.2. The van der Waals surface area contributed by atoms with Gasteiger partial charge in [-0.25, -0.2) is 4.98 Å². The van der Waals surface area contributed by atoms with Crippen LogP contribution in [0, 0.1) is 10.1 Å². The first-order valence-electron chi connectivity index (χ1n) is 10.8. The summed E-state index contributed by atoms with van der Waals surface area (Å²) in [6.07, 6.45) is 5.35. The van der Waals surface area contributed by atoms with Crippen LogP contribution in [0.2, 0.25) is 0 Å². The molecule has 1 amide bonds. The Bertz CT molecular complexity index is 1780. The van der Waals surface area contributed by atoms with Gasteiger partial charge in [-0.3, -0.25) is 19.7 Å². The van der Waals surface area contributed by atoms with Crippen LogP contribution in [0.1, 0.15) is 11.1 Å². The number of aromatic nitrogens is 1. The van der Waals surface area contributed by atoms with E-state index in [1.807, 2.05) is 18.2 Å². The summed E-state index contributed by atoms with van der Waals surface area (Å²) in [5.74, 6) is -0.530. The highest BCUT2D eigenvalue weighted by Gasteiger charge is 2.18. The topological polar surface area (TPSA) is 119 Å². The molecular weight excluding hydrogens is 560 g/mol. The summed E-state index contributed by atoms with van der Waals surface area (Å²) in [5.41, 5.74) is 1.55. The van der Waals surface area contributed by atoms with Crippen LogP contribution in [0.15, 0.2) is 97.9 Å². The number of anilines is 1. The second-order valence-corrected chi connectivity index (χ2v) is 9.63. The Labute approximate surface area is 221 Å². The van der Waals surface area contributed by atoms with Crippen molar-refractivity contribution in [2.75, 3.05) is 5.01 Å². The van der Waals surface area contributed by atoms with Crippen LogP contribution in [0.4, 0.5) is 10.8 Å². The van der Waals surface area contributed by atoms with Crippen LogP contribution in [-0.2, 0) is 4.79 Å². The van der Waals surface area contributed by atoms with Gasteiger partial charge in [-0.05, 0) is 54.1 Å². The van der Waals surface area contributed by atoms with Gasteiger partial charge in [0, 0.05) is 22.7 Å². The first-order valence-corrected chi connectivity index (χ1v) is 12.4. The largest absolute Gasteiger partial charge is 0.463 e. The SMILES string of the molecule is O=C(/C=C/c1ccc([N+](=O)[O-])cc1)N(/N=C/c1coc2ccccc2c1=O)c1nc2ccc(Br)cc2s1. The predicted octanol–water partition coefficient (Wildman–Crippen LogP) is 6.15. The lowest BCUT2D eigenvalue weighted by molar-refractivity contribution is -0.384. The number of nitro groups is 1. The fourth-order valence-corrected chi connectivity index (χ4v) is 4.91. The van der Waals surface area contributed by atoms with Gasteiger partial charge >= 0.3 is 0 Å². The van der Waals surface area contributed by atoms with Crippen LogP contribution in [0.25, 0.3) is 27.3 Å². The summed E-state index contributed by atoms with van der Waals surface area (Å²) in [7, 11) is 0. The highest BCUT2D eigenvalue weighted by atomic mass is 79.9. The first-order chi connectivity index (χ1) is 17.9. The van der Waals surface area contributed by atoms with E-state index in [2.05, 4.69) is 26.0 Å². The van der Waals surface area contributed by atoms with Gasteiger partial charge in [0.2, 0.25) is 10.6 Å². The number of nitrogens with zero attached hydrogens (tertiary/aromatic N) is 4. The number of hydrogen-bond acceptors (Lipinski definition) is 8. The Morgan fingerprint density at radius 3 is 2.70 bits per heavy atom. The minimum Gasteiger partial charge on any atom is -0.463 e. The number of benzene rings is 3. The van der Waals surface area contributed by atoms with Crippen molar-refractivity contribution < 1.29 is 14.1 Å². The highest BCUT2D eigenvalue weighted by Crippen LogP contribution is 2.31. The highest BCUT2D eigenvalue weighted by molar-refractivity contribution is 9.10. The maximum absolute atomic E-state index is 13.2. The van der Waals surface area contributed by atoms with Crippen LogP contribution in [0.5, 0.6) is 0 Å². The lowest BCUT2D eigenvalue weighted by Gasteiger charge is -2.11. The van der Waals surface area contributed by atoms with Crippen molar-refractivity contribution in [1.82, 2.24) is 4.98 Å². The maximum atomic E-state index is 13.2. The molecule has 11 heteroatoms. The number of fused-ring (bicyclic) bond motifs is 2. The third-order valence-electron chi connectivity index (χ3n) is 5.27. The quantitative estimate of drug-likeness (QED) is 0.104. The number of hydrazone groups is 1. The van der Waals surface area contributed by atoms with Gasteiger partial charge in [0.25, 0.3) is 11.6 Å². The van der Waals surface area contributed by atoms with Crippen molar-refractivity contribution >= 4 is 77.5 Å². The molecule has 182 valence electrons. The summed E-state index contributed by atoms with van der Waals surface area (Å²) < 4.78 is 7.24. The van der Waals surface area contributed by atoms with Crippen molar-refractivity contribution in [3.8, 4) is 0 Å². The van der Waals surface area contributed by atoms with Gasteiger partial charge in [0.1, 0.15) is 11.8 Å². The molecule has 0 saturated heterocycles. The normalized spacial score (nSPS) is 11.6. The van der Waals surface area contributed by atoms with Gasteiger partial charge in [-0.2, -0.15) is 10.1 Å². The zero-order valence-corrected chi connectivity index (χ0v) is 21.2. The molecule has 0 radical (unpaired) electrons. The molecule has 0 aliphatic carbocycles. The van der Waals surface area contributed by atoms with Crippen molar-refractivity contribution in [3.05, 3.63) is 115 Å².